The summed E-state index contributed by atoms with van der Waals surface area (Å²) in [5.41, 5.74) is 3.13. The van der Waals surface area contributed by atoms with Crippen LogP contribution in [0.3, 0.4) is 0 Å². The maximum absolute atomic E-state index is 12.5. The number of hydrogen-bond donors (Lipinski definition) is 0. The number of aryl methyl sites for hydroxylation is 1. The molecule has 1 atom stereocenters. The molecule has 0 amide bonds. The molecule has 2 aromatic carbocycles. The zero-order valence-corrected chi connectivity index (χ0v) is 12.0. The Morgan fingerprint density at radius 1 is 1.05 bits per heavy atom. The van der Waals surface area contributed by atoms with E-state index in [2.05, 4.69) is 0 Å². The van der Waals surface area contributed by atoms with E-state index in [9.17, 15) is 4.79 Å². The predicted molar refractivity (Wildman–Crippen MR) is 80.7 cm³/mol. The van der Waals surface area contributed by atoms with Crippen LogP contribution in [0, 0.1) is 6.92 Å². The van der Waals surface area contributed by atoms with E-state index in [1.807, 2.05) is 68.4 Å². The van der Waals surface area contributed by atoms with Crippen molar-refractivity contribution in [3.63, 3.8) is 0 Å². The van der Waals surface area contributed by atoms with Gasteiger partial charge in [0.05, 0.1) is 0 Å². The number of carbonyl (C=O) groups excluding carboxylic acids is 1. The molecule has 0 aliphatic heterocycles. The van der Waals surface area contributed by atoms with Crippen LogP contribution in [-0.4, -0.2) is 12.4 Å². The first kappa shape index (κ1) is 14.5. The van der Waals surface area contributed by atoms with Gasteiger partial charge in [0.15, 0.2) is 5.78 Å². The van der Waals surface area contributed by atoms with Gasteiger partial charge in [-0.1, -0.05) is 54.6 Å². The maximum atomic E-state index is 12.5. The van der Waals surface area contributed by atoms with E-state index in [-0.39, 0.29) is 5.78 Å². The molecule has 0 spiro atoms. The summed E-state index contributed by atoms with van der Waals surface area (Å²) in [6, 6.07) is 17.7. The molecule has 20 heavy (non-hydrogen) atoms. The minimum atomic E-state index is -0.471. The van der Waals surface area contributed by atoms with Gasteiger partial charge in [0, 0.05) is 13.0 Å². The number of benzene rings is 2. The van der Waals surface area contributed by atoms with Crippen molar-refractivity contribution in [2.24, 2.45) is 0 Å². The average Bonchev–Trinajstić information content (AvgIpc) is 2.48. The third-order valence-corrected chi connectivity index (χ3v) is 3.35. The van der Waals surface area contributed by atoms with Gasteiger partial charge in [-0.15, -0.1) is 0 Å². The summed E-state index contributed by atoms with van der Waals surface area (Å²) in [7, 11) is 0. The molecule has 0 aliphatic carbocycles. The van der Waals surface area contributed by atoms with Gasteiger partial charge < -0.3 is 4.74 Å². The zero-order chi connectivity index (χ0) is 14.4. The fourth-order valence-electron chi connectivity index (χ4n) is 2.26. The fourth-order valence-corrected chi connectivity index (χ4v) is 2.26. The van der Waals surface area contributed by atoms with Crippen molar-refractivity contribution in [1.82, 2.24) is 0 Å². The molecular formula is C18H20O2. The highest BCUT2D eigenvalue weighted by Gasteiger charge is 2.21. The Morgan fingerprint density at radius 3 is 2.35 bits per heavy atom. The Balaban J connectivity index is 2.18. The van der Waals surface area contributed by atoms with Crippen LogP contribution in [0.4, 0.5) is 0 Å². The first-order valence-corrected chi connectivity index (χ1v) is 6.96. The summed E-state index contributed by atoms with van der Waals surface area (Å²) in [4.78, 5) is 12.5. The van der Waals surface area contributed by atoms with E-state index >= 15 is 0 Å². The Hall–Kier alpha value is -1.93. The molecular weight excluding hydrogens is 248 g/mol. The number of hydrogen-bond acceptors (Lipinski definition) is 2. The smallest absolute Gasteiger partial charge is 0.170 e. The molecule has 2 nitrogen and oxygen atoms in total. The topological polar surface area (TPSA) is 26.3 Å². The Bertz CT molecular complexity index is 561. The van der Waals surface area contributed by atoms with Crippen LogP contribution >= 0.6 is 0 Å². The second kappa shape index (κ2) is 7.01. The quantitative estimate of drug-likeness (QED) is 0.794. The molecule has 0 saturated carbocycles. The lowest BCUT2D eigenvalue weighted by atomic mass is 9.97. The SMILES string of the molecule is CCOC(C(=O)Cc1ccccc1C)c1ccccc1. The molecule has 2 aromatic rings. The lowest BCUT2D eigenvalue weighted by molar-refractivity contribution is -0.130. The van der Waals surface area contributed by atoms with Crippen molar-refractivity contribution in [3.8, 4) is 0 Å². The van der Waals surface area contributed by atoms with Crippen LogP contribution in [-0.2, 0) is 16.0 Å². The van der Waals surface area contributed by atoms with Gasteiger partial charge >= 0.3 is 0 Å². The molecule has 0 N–H and O–H groups in total. The van der Waals surface area contributed by atoms with Gasteiger partial charge in [-0.3, -0.25) is 4.79 Å². The largest absolute Gasteiger partial charge is 0.366 e. The van der Waals surface area contributed by atoms with Crippen LogP contribution in [0.5, 0.6) is 0 Å². The summed E-state index contributed by atoms with van der Waals surface area (Å²) in [6.07, 6.45) is -0.0625. The van der Waals surface area contributed by atoms with Gasteiger partial charge in [-0.2, -0.15) is 0 Å². The average molecular weight is 268 g/mol. The van der Waals surface area contributed by atoms with E-state index in [1.165, 1.54) is 0 Å². The molecule has 1 unspecified atom stereocenters. The highest BCUT2D eigenvalue weighted by Crippen LogP contribution is 2.21. The predicted octanol–water partition coefficient (Wildman–Crippen LogP) is 3.88. The number of ketones is 1. The van der Waals surface area contributed by atoms with Crippen molar-refractivity contribution in [1.29, 1.82) is 0 Å². The molecule has 2 rings (SSSR count). The minimum absolute atomic E-state index is 0.104. The summed E-state index contributed by atoms with van der Waals surface area (Å²) in [5, 5.41) is 0. The lowest BCUT2D eigenvalue weighted by Crippen LogP contribution is -2.18. The van der Waals surface area contributed by atoms with Crippen molar-refractivity contribution >= 4 is 5.78 Å². The van der Waals surface area contributed by atoms with E-state index in [1.54, 1.807) is 0 Å². The van der Waals surface area contributed by atoms with Crippen molar-refractivity contribution < 1.29 is 9.53 Å². The number of ether oxygens (including phenoxy) is 1. The van der Waals surface area contributed by atoms with Crippen molar-refractivity contribution in [2.45, 2.75) is 26.4 Å². The monoisotopic (exact) mass is 268 g/mol. The molecule has 0 fully saturated rings. The Morgan fingerprint density at radius 2 is 1.70 bits per heavy atom. The maximum Gasteiger partial charge on any atom is 0.170 e. The molecule has 0 aromatic heterocycles. The molecule has 104 valence electrons. The molecule has 0 saturated heterocycles. The van der Waals surface area contributed by atoms with Crippen molar-refractivity contribution in [3.05, 3.63) is 71.3 Å². The first-order chi connectivity index (χ1) is 9.72. The molecule has 0 aliphatic rings. The normalized spacial score (nSPS) is 12.1. The molecule has 0 heterocycles. The van der Waals surface area contributed by atoms with Crippen LogP contribution in [0.1, 0.15) is 29.7 Å². The van der Waals surface area contributed by atoms with Gasteiger partial charge in [-0.05, 0) is 30.5 Å². The Kier molecular flexibility index (Phi) is 5.08. The van der Waals surface area contributed by atoms with Gasteiger partial charge in [0.2, 0.25) is 0 Å². The third-order valence-electron chi connectivity index (χ3n) is 3.35. The fraction of sp³-hybridized carbons (Fsp3) is 0.278. The summed E-state index contributed by atoms with van der Waals surface area (Å²) >= 11 is 0. The van der Waals surface area contributed by atoms with Gasteiger partial charge in [0.25, 0.3) is 0 Å². The van der Waals surface area contributed by atoms with Gasteiger partial charge in [-0.25, -0.2) is 0 Å². The van der Waals surface area contributed by atoms with E-state index < -0.39 is 6.10 Å². The molecule has 0 radical (unpaired) electrons. The molecule has 0 bridgehead atoms. The highest BCUT2D eigenvalue weighted by atomic mass is 16.5. The van der Waals surface area contributed by atoms with Gasteiger partial charge in [0.1, 0.15) is 6.10 Å². The number of carbonyl (C=O) groups is 1. The zero-order valence-electron chi connectivity index (χ0n) is 12.0. The van der Waals surface area contributed by atoms with Crippen LogP contribution < -0.4 is 0 Å². The molecule has 2 heteroatoms. The first-order valence-electron chi connectivity index (χ1n) is 6.96. The van der Waals surface area contributed by atoms with Crippen molar-refractivity contribution in [2.75, 3.05) is 6.61 Å². The van der Waals surface area contributed by atoms with Crippen LogP contribution in [0.25, 0.3) is 0 Å². The number of rotatable bonds is 6. The van der Waals surface area contributed by atoms with Crippen LogP contribution in [0.2, 0.25) is 0 Å². The minimum Gasteiger partial charge on any atom is -0.366 e. The van der Waals surface area contributed by atoms with Crippen LogP contribution in [0.15, 0.2) is 54.6 Å². The summed E-state index contributed by atoms with van der Waals surface area (Å²) in [5.74, 6) is 0.104. The lowest BCUT2D eigenvalue weighted by Gasteiger charge is -2.17. The summed E-state index contributed by atoms with van der Waals surface area (Å²) < 4.78 is 5.65. The standard InChI is InChI=1S/C18H20O2/c1-3-20-18(15-10-5-4-6-11-15)17(19)13-16-12-8-7-9-14(16)2/h4-12,18H,3,13H2,1-2H3. The van der Waals surface area contributed by atoms with E-state index in [4.69, 9.17) is 4.74 Å². The number of Topliss-reactive ketones (excluding diaryl/α,β-unsaturated/α-hetero) is 1. The second-order valence-electron chi connectivity index (χ2n) is 4.82. The summed E-state index contributed by atoms with van der Waals surface area (Å²) in [6.45, 7) is 4.47. The van der Waals surface area contributed by atoms with E-state index in [0.717, 1.165) is 16.7 Å². The third kappa shape index (κ3) is 3.55. The Labute approximate surface area is 120 Å². The van der Waals surface area contributed by atoms with E-state index in [0.29, 0.717) is 13.0 Å². The second-order valence-corrected chi connectivity index (χ2v) is 4.82. The highest BCUT2D eigenvalue weighted by molar-refractivity contribution is 5.86.